The van der Waals surface area contributed by atoms with Crippen LogP contribution in [0.2, 0.25) is 0 Å². The third-order valence-corrected chi connectivity index (χ3v) is 5.42. The minimum Gasteiger partial charge on any atom is -0.475 e. The first kappa shape index (κ1) is 24.2. The Balaban J connectivity index is 0.000000383. The van der Waals surface area contributed by atoms with Crippen molar-refractivity contribution in [1.29, 1.82) is 0 Å². The third kappa shape index (κ3) is 6.28. The van der Waals surface area contributed by atoms with E-state index in [1.54, 1.807) is 17.1 Å². The van der Waals surface area contributed by atoms with Gasteiger partial charge in [0.1, 0.15) is 12.1 Å². The van der Waals surface area contributed by atoms with Crippen LogP contribution >= 0.6 is 0 Å². The zero-order valence-electron chi connectivity index (χ0n) is 17.9. The molecule has 1 aliphatic heterocycles. The number of hydrogen-bond donors (Lipinski definition) is 2. The van der Waals surface area contributed by atoms with E-state index >= 15 is 0 Å². The van der Waals surface area contributed by atoms with Crippen LogP contribution < -0.4 is 15.8 Å². The van der Waals surface area contributed by atoms with Crippen LogP contribution in [0.4, 0.5) is 19.0 Å². The number of para-hydroxylation sites is 1. The molecule has 1 saturated heterocycles. The Morgan fingerprint density at radius 1 is 1.21 bits per heavy atom. The van der Waals surface area contributed by atoms with Crippen LogP contribution in [-0.4, -0.2) is 50.9 Å². The van der Waals surface area contributed by atoms with Gasteiger partial charge in [-0.15, -0.1) is 0 Å². The minimum absolute atomic E-state index is 0.0784. The van der Waals surface area contributed by atoms with Crippen molar-refractivity contribution < 1.29 is 23.1 Å². The van der Waals surface area contributed by atoms with Crippen molar-refractivity contribution in [2.45, 2.75) is 31.6 Å². The topological polar surface area (TPSA) is 100 Å². The molecule has 33 heavy (non-hydrogen) atoms. The average molecular weight is 463 g/mol. The maximum Gasteiger partial charge on any atom is 0.490 e. The molecule has 0 amide bonds. The summed E-state index contributed by atoms with van der Waals surface area (Å²) >= 11 is 0. The standard InChI is InChI=1S/C20H23N5O.C2HF3O2/c1-24-18-5-3-2-4-15(18)12-16(20(24)26)13-22-17-7-10-25(11-8-17)19-6-9-21-14-23-19;3-2(4,5)1(6)7/h2-6,9,12,14,17,22H,7-8,10-11,13H2,1H3;(H,6,7). The van der Waals surface area contributed by atoms with Gasteiger partial charge in [0.05, 0.1) is 5.52 Å². The van der Waals surface area contributed by atoms with Crippen molar-refractivity contribution in [3.05, 3.63) is 64.8 Å². The molecule has 1 fully saturated rings. The van der Waals surface area contributed by atoms with Crippen LogP contribution in [0.5, 0.6) is 0 Å². The van der Waals surface area contributed by atoms with Gasteiger partial charge in [0.15, 0.2) is 0 Å². The van der Waals surface area contributed by atoms with Gasteiger partial charge in [-0.05, 0) is 36.4 Å². The van der Waals surface area contributed by atoms with Crippen LogP contribution in [0.3, 0.4) is 0 Å². The molecule has 0 aliphatic carbocycles. The summed E-state index contributed by atoms with van der Waals surface area (Å²) in [7, 11) is 1.84. The van der Waals surface area contributed by atoms with E-state index in [0.29, 0.717) is 12.6 Å². The number of aromatic nitrogens is 3. The first-order valence-electron chi connectivity index (χ1n) is 10.3. The van der Waals surface area contributed by atoms with E-state index in [1.807, 2.05) is 37.4 Å². The van der Waals surface area contributed by atoms with Crippen molar-refractivity contribution in [2.24, 2.45) is 7.05 Å². The van der Waals surface area contributed by atoms with Crippen LogP contribution in [0.15, 0.2) is 53.7 Å². The Bertz CT molecular complexity index is 1140. The lowest BCUT2D eigenvalue weighted by Gasteiger charge is -2.33. The quantitative estimate of drug-likeness (QED) is 0.614. The van der Waals surface area contributed by atoms with E-state index in [2.05, 4.69) is 26.3 Å². The van der Waals surface area contributed by atoms with Gasteiger partial charge >= 0.3 is 12.1 Å². The van der Waals surface area contributed by atoms with Crippen molar-refractivity contribution in [3.63, 3.8) is 0 Å². The second-order valence-electron chi connectivity index (χ2n) is 7.61. The van der Waals surface area contributed by atoms with Gasteiger partial charge < -0.3 is 19.9 Å². The fraction of sp³-hybridized carbons (Fsp3) is 0.364. The van der Waals surface area contributed by atoms with Crippen LogP contribution in [0, 0.1) is 0 Å². The number of benzene rings is 1. The Morgan fingerprint density at radius 2 is 1.88 bits per heavy atom. The Morgan fingerprint density at radius 3 is 2.48 bits per heavy atom. The van der Waals surface area contributed by atoms with E-state index in [-0.39, 0.29) is 5.56 Å². The Kier molecular flexibility index (Phi) is 7.64. The number of nitrogens with zero attached hydrogens (tertiary/aromatic N) is 4. The second-order valence-corrected chi connectivity index (χ2v) is 7.61. The summed E-state index contributed by atoms with van der Waals surface area (Å²) in [6.45, 7) is 2.53. The number of rotatable bonds is 4. The SMILES string of the molecule is Cn1c(=O)c(CNC2CCN(c3ccncn3)CC2)cc2ccccc21.O=C(O)C(F)(F)F. The number of alkyl halides is 3. The molecule has 0 bridgehead atoms. The van der Waals surface area contributed by atoms with Crippen molar-refractivity contribution >= 4 is 22.7 Å². The van der Waals surface area contributed by atoms with Crippen LogP contribution in [0.1, 0.15) is 18.4 Å². The van der Waals surface area contributed by atoms with Gasteiger partial charge in [-0.3, -0.25) is 4.79 Å². The van der Waals surface area contributed by atoms with Gasteiger partial charge in [0, 0.05) is 44.5 Å². The molecular formula is C22H24F3N5O3. The number of anilines is 1. The molecule has 176 valence electrons. The fourth-order valence-corrected chi connectivity index (χ4v) is 3.65. The Hall–Kier alpha value is -3.47. The van der Waals surface area contributed by atoms with E-state index in [9.17, 15) is 18.0 Å². The summed E-state index contributed by atoms with van der Waals surface area (Å²) in [4.78, 5) is 32.1. The molecule has 0 radical (unpaired) electrons. The molecular weight excluding hydrogens is 439 g/mol. The highest BCUT2D eigenvalue weighted by Gasteiger charge is 2.38. The second kappa shape index (κ2) is 10.4. The van der Waals surface area contributed by atoms with Gasteiger partial charge in [-0.2, -0.15) is 13.2 Å². The lowest BCUT2D eigenvalue weighted by molar-refractivity contribution is -0.192. The maximum atomic E-state index is 12.6. The summed E-state index contributed by atoms with van der Waals surface area (Å²) in [5.41, 5.74) is 1.87. The van der Waals surface area contributed by atoms with Crippen molar-refractivity contribution in [2.75, 3.05) is 18.0 Å². The van der Waals surface area contributed by atoms with Gasteiger partial charge in [0.25, 0.3) is 5.56 Å². The molecule has 1 aliphatic rings. The summed E-state index contributed by atoms with van der Waals surface area (Å²) in [5.74, 6) is -1.77. The normalized spacial score (nSPS) is 14.6. The maximum absolute atomic E-state index is 12.6. The number of hydrogen-bond acceptors (Lipinski definition) is 6. The lowest BCUT2D eigenvalue weighted by Crippen LogP contribution is -2.43. The molecule has 4 rings (SSSR count). The highest BCUT2D eigenvalue weighted by atomic mass is 19.4. The summed E-state index contributed by atoms with van der Waals surface area (Å²) < 4.78 is 33.5. The Labute approximate surface area is 187 Å². The summed E-state index contributed by atoms with van der Waals surface area (Å²) in [6.07, 6.45) is 0.368. The number of piperidine rings is 1. The molecule has 3 aromatic rings. The number of aryl methyl sites for hydroxylation is 1. The van der Waals surface area contributed by atoms with E-state index < -0.39 is 12.1 Å². The number of carboxylic acid groups (broad SMARTS) is 1. The molecule has 0 atom stereocenters. The van der Waals surface area contributed by atoms with E-state index in [0.717, 1.165) is 48.2 Å². The van der Waals surface area contributed by atoms with Crippen LogP contribution in [-0.2, 0) is 18.4 Å². The fourth-order valence-electron chi connectivity index (χ4n) is 3.65. The predicted molar refractivity (Wildman–Crippen MR) is 117 cm³/mol. The molecule has 11 heteroatoms. The zero-order valence-corrected chi connectivity index (χ0v) is 17.9. The third-order valence-electron chi connectivity index (χ3n) is 5.42. The van der Waals surface area contributed by atoms with Crippen molar-refractivity contribution in [3.8, 4) is 0 Å². The number of carbonyl (C=O) groups is 1. The minimum atomic E-state index is -5.08. The van der Waals surface area contributed by atoms with Crippen molar-refractivity contribution in [1.82, 2.24) is 19.9 Å². The molecule has 1 aromatic carbocycles. The number of aliphatic carboxylic acids is 1. The largest absolute Gasteiger partial charge is 0.490 e. The molecule has 0 saturated carbocycles. The number of halogens is 3. The molecule has 0 unspecified atom stereocenters. The monoisotopic (exact) mass is 463 g/mol. The summed E-state index contributed by atoms with van der Waals surface area (Å²) in [6, 6.07) is 12.4. The predicted octanol–water partition coefficient (Wildman–Crippen LogP) is 2.72. The number of carboxylic acids is 1. The number of pyridine rings is 1. The van der Waals surface area contributed by atoms with Gasteiger partial charge in [0.2, 0.25) is 0 Å². The molecule has 3 heterocycles. The number of fused-ring (bicyclic) bond motifs is 1. The van der Waals surface area contributed by atoms with E-state index in [4.69, 9.17) is 9.90 Å². The average Bonchev–Trinajstić information content (AvgIpc) is 2.81. The molecule has 2 N–H and O–H groups in total. The van der Waals surface area contributed by atoms with Gasteiger partial charge in [-0.1, -0.05) is 18.2 Å². The lowest BCUT2D eigenvalue weighted by atomic mass is 10.0. The number of nitrogens with one attached hydrogen (secondary N) is 1. The van der Waals surface area contributed by atoms with E-state index in [1.165, 1.54) is 0 Å². The highest BCUT2D eigenvalue weighted by molar-refractivity contribution is 5.79. The first-order chi connectivity index (χ1) is 15.7. The molecule has 8 nitrogen and oxygen atoms in total. The smallest absolute Gasteiger partial charge is 0.475 e. The first-order valence-corrected chi connectivity index (χ1v) is 10.3. The van der Waals surface area contributed by atoms with Gasteiger partial charge in [-0.25, -0.2) is 14.8 Å². The van der Waals surface area contributed by atoms with Crippen LogP contribution in [0.25, 0.3) is 10.9 Å². The molecule has 2 aromatic heterocycles. The zero-order chi connectivity index (χ0) is 24.0. The highest BCUT2D eigenvalue weighted by Crippen LogP contribution is 2.18. The summed E-state index contributed by atoms with van der Waals surface area (Å²) in [5, 5.41) is 11.8. The molecule has 0 spiro atoms.